The monoisotopic (exact) mass is 172 g/mol. The van der Waals surface area contributed by atoms with Crippen molar-refractivity contribution >= 4 is 5.78 Å². The van der Waals surface area contributed by atoms with Gasteiger partial charge in [-0.3, -0.25) is 4.79 Å². The number of Topliss-reactive ketones (excluding diaryl/α,β-unsaturated/α-hetero) is 1. The molecule has 1 heteroatoms. The maximum absolute atomic E-state index is 11.6. The van der Waals surface area contributed by atoms with Gasteiger partial charge in [-0.2, -0.15) is 0 Å². The molecule has 0 aromatic heterocycles. The predicted octanol–water partition coefficient (Wildman–Crippen LogP) is 2.31. The van der Waals surface area contributed by atoms with Crippen LogP contribution in [0.2, 0.25) is 0 Å². The van der Waals surface area contributed by atoms with Crippen LogP contribution in [0.3, 0.4) is 0 Å². The van der Waals surface area contributed by atoms with E-state index in [-0.39, 0.29) is 5.92 Å². The van der Waals surface area contributed by atoms with Crippen LogP contribution in [0.25, 0.3) is 0 Å². The number of benzene rings is 1. The molecule has 0 spiro atoms. The third-order valence-electron chi connectivity index (χ3n) is 3.39. The van der Waals surface area contributed by atoms with Gasteiger partial charge in [0.05, 0.1) is 0 Å². The van der Waals surface area contributed by atoms with Gasteiger partial charge in [0.1, 0.15) is 5.78 Å². The summed E-state index contributed by atoms with van der Waals surface area (Å²) in [6, 6.07) is 8.42. The molecular formula is C12H12O. The lowest BCUT2D eigenvalue weighted by atomic mass is 9.83. The lowest BCUT2D eigenvalue weighted by Crippen LogP contribution is -2.11. The summed E-state index contributed by atoms with van der Waals surface area (Å²) in [4.78, 5) is 11.6. The highest BCUT2D eigenvalue weighted by atomic mass is 16.1. The van der Waals surface area contributed by atoms with Crippen molar-refractivity contribution in [1.29, 1.82) is 0 Å². The van der Waals surface area contributed by atoms with Gasteiger partial charge in [-0.15, -0.1) is 0 Å². The lowest BCUT2D eigenvalue weighted by molar-refractivity contribution is -0.118. The topological polar surface area (TPSA) is 17.1 Å². The van der Waals surface area contributed by atoms with Crippen LogP contribution in [0, 0.1) is 5.92 Å². The first-order chi connectivity index (χ1) is 6.34. The second-order valence-corrected chi connectivity index (χ2v) is 4.23. The zero-order valence-corrected chi connectivity index (χ0v) is 7.49. The highest BCUT2D eigenvalue weighted by Gasteiger charge is 2.38. The third kappa shape index (κ3) is 0.963. The van der Waals surface area contributed by atoms with Crippen molar-refractivity contribution in [3.8, 4) is 0 Å². The van der Waals surface area contributed by atoms with E-state index in [4.69, 9.17) is 0 Å². The Hall–Kier alpha value is -1.11. The number of hydrogen-bond donors (Lipinski definition) is 0. The minimum atomic E-state index is 0.245. The number of fused-ring (bicyclic) bond motifs is 4. The molecule has 1 fully saturated rings. The average molecular weight is 172 g/mol. The van der Waals surface area contributed by atoms with Crippen molar-refractivity contribution in [2.24, 2.45) is 5.92 Å². The summed E-state index contributed by atoms with van der Waals surface area (Å²) >= 11 is 0. The van der Waals surface area contributed by atoms with E-state index in [1.54, 1.807) is 0 Å². The molecule has 3 rings (SSSR count). The SMILES string of the molecule is O=C1CC2Cc3ccccc3C1C2. The Morgan fingerprint density at radius 3 is 2.92 bits per heavy atom. The largest absolute Gasteiger partial charge is 0.299 e. The van der Waals surface area contributed by atoms with Gasteiger partial charge in [0, 0.05) is 12.3 Å². The average Bonchev–Trinajstić information content (AvgIpc) is 2.44. The van der Waals surface area contributed by atoms with Crippen LogP contribution in [0.1, 0.15) is 29.9 Å². The van der Waals surface area contributed by atoms with Crippen molar-refractivity contribution in [2.45, 2.75) is 25.2 Å². The summed E-state index contributed by atoms with van der Waals surface area (Å²) < 4.78 is 0. The van der Waals surface area contributed by atoms with Gasteiger partial charge in [0.25, 0.3) is 0 Å². The molecule has 1 aromatic carbocycles. The molecular weight excluding hydrogens is 160 g/mol. The van der Waals surface area contributed by atoms with E-state index in [1.165, 1.54) is 11.1 Å². The molecule has 0 radical (unpaired) electrons. The van der Waals surface area contributed by atoms with Crippen molar-refractivity contribution in [2.75, 3.05) is 0 Å². The molecule has 2 aliphatic carbocycles. The Labute approximate surface area is 77.8 Å². The van der Waals surface area contributed by atoms with Gasteiger partial charge in [-0.1, -0.05) is 24.3 Å². The maximum atomic E-state index is 11.6. The second kappa shape index (κ2) is 2.44. The minimum absolute atomic E-state index is 0.245. The van der Waals surface area contributed by atoms with Crippen molar-refractivity contribution in [1.82, 2.24) is 0 Å². The summed E-state index contributed by atoms with van der Waals surface area (Å²) in [6.07, 6.45) is 3.05. The molecule has 0 saturated heterocycles. The van der Waals surface area contributed by atoms with Gasteiger partial charge in [-0.25, -0.2) is 0 Å². The van der Waals surface area contributed by atoms with Crippen LogP contribution in [-0.2, 0) is 11.2 Å². The summed E-state index contributed by atoms with van der Waals surface area (Å²) in [7, 11) is 0. The summed E-state index contributed by atoms with van der Waals surface area (Å²) in [6.45, 7) is 0. The fourth-order valence-electron chi connectivity index (χ4n) is 2.80. The Kier molecular flexibility index (Phi) is 1.37. The smallest absolute Gasteiger partial charge is 0.140 e. The Morgan fingerprint density at radius 2 is 2.00 bits per heavy atom. The molecule has 2 unspecified atom stereocenters. The van der Waals surface area contributed by atoms with Gasteiger partial charge in [0.2, 0.25) is 0 Å². The van der Waals surface area contributed by atoms with Crippen LogP contribution < -0.4 is 0 Å². The highest BCUT2D eigenvalue weighted by molar-refractivity contribution is 5.89. The first kappa shape index (κ1) is 7.31. The highest BCUT2D eigenvalue weighted by Crippen LogP contribution is 2.43. The molecule has 0 N–H and O–H groups in total. The molecule has 2 bridgehead atoms. The minimum Gasteiger partial charge on any atom is -0.299 e. The first-order valence-corrected chi connectivity index (χ1v) is 4.95. The molecule has 66 valence electrons. The quantitative estimate of drug-likeness (QED) is 0.587. The van der Waals surface area contributed by atoms with E-state index in [0.717, 1.165) is 19.3 Å². The summed E-state index contributed by atoms with van der Waals surface area (Å²) in [5.41, 5.74) is 2.72. The maximum Gasteiger partial charge on any atom is 0.140 e. The fraction of sp³-hybridized carbons (Fsp3) is 0.417. The van der Waals surface area contributed by atoms with Gasteiger partial charge < -0.3 is 0 Å². The number of carbonyl (C=O) groups is 1. The van der Waals surface area contributed by atoms with Crippen molar-refractivity contribution in [3.05, 3.63) is 35.4 Å². The molecule has 1 saturated carbocycles. The number of ketones is 1. The molecule has 0 amide bonds. The Bertz CT molecular complexity index is 367. The molecule has 0 heterocycles. The molecule has 0 aliphatic heterocycles. The van der Waals surface area contributed by atoms with E-state index in [9.17, 15) is 4.79 Å². The molecule has 1 nitrogen and oxygen atoms in total. The molecule has 1 aromatic rings. The third-order valence-corrected chi connectivity index (χ3v) is 3.39. The predicted molar refractivity (Wildman–Crippen MR) is 50.6 cm³/mol. The van der Waals surface area contributed by atoms with Gasteiger partial charge in [0.15, 0.2) is 0 Å². The van der Waals surface area contributed by atoms with Crippen molar-refractivity contribution < 1.29 is 4.79 Å². The summed E-state index contributed by atoms with van der Waals surface area (Å²) in [5.74, 6) is 1.36. The zero-order chi connectivity index (χ0) is 8.84. The lowest BCUT2D eigenvalue weighted by Gasteiger charge is -2.20. The molecule has 2 atom stereocenters. The van der Waals surface area contributed by atoms with Gasteiger partial charge >= 0.3 is 0 Å². The number of carbonyl (C=O) groups excluding carboxylic acids is 1. The second-order valence-electron chi connectivity index (χ2n) is 4.23. The van der Waals surface area contributed by atoms with Gasteiger partial charge in [-0.05, 0) is 29.9 Å². The molecule has 13 heavy (non-hydrogen) atoms. The van der Waals surface area contributed by atoms with Crippen LogP contribution >= 0.6 is 0 Å². The van der Waals surface area contributed by atoms with Crippen molar-refractivity contribution in [3.63, 3.8) is 0 Å². The number of rotatable bonds is 0. The zero-order valence-electron chi connectivity index (χ0n) is 7.49. The Morgan fingerprint density at radius 1 is 1.15 bits per heavy atom. The van der Waals surface area contributed by atoms with E-state index in [2.05, 4.69) is 18.2 Å². The van der Waals surface area contributed by atoms with Crippen LogP contribution in [0.5, 0.6) is 0 Å². The normalized spacial score (nSPS) is 30.3. The fourth-order valence-corrected chi connectivity index (χ4v) is 2.80. The standard InChI is InChI=1S/C12H12O/c13-12-7-8-5-9-3-1-2-4-10(9)11(12)6-8/h1-4,8,11H,5-7H2. The summed E-state index contributed by atoms with van der Waals surface area (Å²) in [5, 5.41) is 0. The molecule has 2 aliphatic rings. The van der Waals surface area contributed by atoms with Crippen LogP contribution in [0.4, 0.5) is 0 Å². The first-order valence-electron chi connectivity index (χ1n) is 4.95. The number of hydrogen-bond acceptors (Lipinski definition) is 1. The van der Waals surface area contributed by atoms with Crippen LogP contribution in [0.15, 0.2) is 24.3 Å². The van der Waals surface area contributed by atoms with E-state index < -0.39 is 0 Å². The van der Waals surface area contributed by atoms with Crippen LogP contribution in [-0.4, -0.2) is 5.78 Å². The van der Waals surface area contributed by atoms with E-state index in [0.29, 0.717) is 11.7 Å². The Balaban J connectivity index is 2.16. The van der Waals surface area contributed by atoms with E-state index >= 15 is 0 Å². The van der Waals surface area contributed by atoms with E-state index in [1.807, 2.05) is 6.07 Å².